The van der Waals surface area contributed by atoms with Crippen LogP contribution in [0.1, 0.15) is 19.8 Å². The second-order valence-corrected chi connectivity index (χ2v) is 5.95. The van der Waals surface area contributed by atoms with E-state index in [2.05, 4.69) is 36.1 Å². The van der Waals surface area contributed by atoms with Crippen LogP contribution in [0.5, 0.6) is 0 Å². The number of nitrogens with one attached hydrogen (secondary N) is 1. The molecule has 0 aromatic rings. The fraction of sp³-hybridized carbons (Fsp3) is 1.00. The average molecular weight is 255 g/mol. The second kappa shape index (κ2) is 6.85. The molecule has 2 aliphatic rings. The first kappa shape index (κ1) is 14.3. The first-order valence-electron chi connectivity index (χ1n) is 7.40. The average Bonchev–Trinajstić information content (AvgIpc) is 2.76. The fourth-order valence-electron chi connectivity index (χ4n) is 3.38. The molecule has 2 heterocycles. The zero-order valence-corrected chi connectivity index (χ0v) is 12.2. The summed E-state index contributed by atoms with van der Waals surface area (Å²) in [5.74, 6) is 0.837. The Labute approximate surface area is 112 Å². The third-order valence-corrected chi connectivity index (χ3v) is 4.39. The predicted octanol–water partition coefficient (Wildman–Crippen LogP) is 0.637. The molecule has 0 saturated carbocycles. The molecule has 3 unspecified atom stereocenters. The molecule has 4 nitrogen and oxygen atoms in total. The van der Waals surface area contributed by atoms with Crippen LogP contribution in [-0.2, 0) is 4.74 Å². The molecular weight excluding hydrogens is 226 g/mol. The van der Waals surface area contributed by atoms with E-state index in [1.165, 1.54) is 26.1 Å². The second-order valence-electron chi connectivity index (χ2n) is 5.95. The van der Waals surface area contributed by atoms with E-state index in [1.807, 2.05) is 0 Å². The van der Waals surface area contributed by atoms with Crippen molar-refractivity contribution in [2.24, 2.45) is 5.92 Å². The Hall–Kier alpha value is -0.160. The zero-order valence-electron chi connectivity index (χ0n) is 12.2. The minimum Gasteiger partial charge on any atom is -0.380 e. The Balaban J connectivity index is 1.83. The minimum absolute atomic E-state index is 0.546. The van der Waals surface area contributed by atoms with Crippen LogP contribution in [0.15, 0.2) is 0 Å². The molecule has 2 rings (SSSR count). The summed E-state index contributed by atoms with van der Waals surface area (Å²) in [6.07, 6.45) is 2.49. The van der Waals surface area contributed by atoms with Crippen molar-refractivity contribution in [1.29, 1.82) is 0 Å². The highest BCUT2D eigenvalue weighted by atomic mass is 16.5. The van der Waals surface area contributed by atoms with Gasteiger partial charge in [-0.05, 0) is 45.9 Å². The molecule has 0 amide bonds. The molecule has 4 heteroatoms. The smallest absolute Gasteiger partial charge is 0.0636 e. The molecule has 2 fully saturated rings. The molecule has 106 valence electrons. The maximum Gasteiger partial charge on any atom is 0.0636 e. The summed E-state index contributed by atoms with van der Waals surface area (Å²) in [6.45, 7) is 8.77. The number of rotatable bonds is 5. The van der Waals surface area contributed by atoms with Gasteiger partial charge in [-0.15, -0.1) is 0 Å². The van der Waals surface area contributed by atoms with Crippen molar-refractivity contribution in [1.82, 2.24) is 15.1 Å². The van der Waals surface area contributed by atoms with Gasteiger partial charge in [-0.25, -0.2) is 0 Å². The number of likely N-dealkylation sites (tertiary alicyclic amines) is 1. The van der Waals surface area contributed by atoms with E-state index in [0.717, 1.165) is 32.1 Å². The Kier molecular flexibility index (Phi) is 5.42. The highest BCUT2D eigenvalue weighted by Gasteiger charge is 2.30. The molecule has 0 bridgehead atoms. The highest BCUT2D eigenvalue weighted by molar-refractivity contribution is 4.87. The lowest BCUT2D eigenvalue weighted by Gasteiger charge is -2.39. The van der Waals surface area contributed by atoms with E-state index in [1.54, 1.807) is 0 Å². The van der Waals surface area contributed by atoms with Gasteiger partial charge in [0.05, 0.1) is 6.61 Å². The van der Waals surface area contributed by atoms with Crippen LogP contribution >= 0.6 is 0 Å². The van der Waals surface area contributed by atoms with Crippen molar-refractivity contribution >= 4 is 0 Å². The van der Waals surface area contributed by atoms with Gasteiger partial charge in [0.25, 0.3) is 0 Å². The summed E-state index contributed by atoms with van der Waals surface area (Å²) in [4.78, 5) is 4.97. The van der Waals surface area contributed by atoms with Gasteiger partial charge in [0.15, 0.2) is 0 Å². The minimum atomic E-state index is 0.546. The lowest BCUT2D eigenvalue weighted by atomic mass is 10.00. The SMILES string of the molecule is CCNC1CCOCC1N(C)CC1CCN(C)C1. The molecule has 0 spiro atoms. The molecule has 3 atom stereocenters. The van der Waals surface area contributed by atoms with Crippen LogP contribution in [0.4, 0.5) is 0 Å². The number of ether oxygens (including phenoxy) is 1. The molecular formula is C14H29N3O. The van der Waals surface area contributed by atoms with E-state index in [9.17, 15) is 0 Å². The quantitative estimate of drug-likeness (QED) is 0.780. The van der Waals surface area contributed by atoms with Crippen molar-refractivity contribution in [2.75, 3.05) is 53.5 Å². The van der Waals surface area contributed by atoms with Gasteiger partial charge in [0.1, 0.15) is 0 Å². The van der Waals surface area contributed by atoms with E-state index in [0.29, 0.717) is 12.1 Å². The van der Waals surface area contributed by atoms with Crippen LogP contribution in [-0.4, -0.2) is 75.4 Å². The molecule has 0 aromatic carbocycles. The van der Waals surface area contributed by atoms with Crippen LogP contribution in [0.3, 0.4) is 0 Å². The van der Waals surface area contributed by atoms with Crippen molar-refractivity contribution in [2.45, 2.75) is 31.8 Å². The summed E-state index contributed by atoms with van der Waals surface area (Å²) >= 11 is 0. The number of hydrogen-bond acceptors (Lipinski definition) is 4. The van der Waals surface area contributed by atoms with Crippen LogP contribution in [0.25, 0.3) is 0 Å². The van der Waals surface area contributed by atoms with Crippen molar-refractivity contribution in [3.63, 3.8) is 0 Å². The summed E-state index contributed by atoms with van der Waals surface area (Å²) in [6, 6.07) is 1.15. The zero-order chi connectivity index (χ0) is 13.0. The number of likely N-dealkylation sites (N-methyl/N-ethyl adjacent to an activating group) is 2. The standard InChI is InChI=1S/C14H29N3O/c1-4-15-13-6-8-18-11-14(13)17(3)10-12-5-7-16(2)9-12/h12-15H,4-11H2,1-3H3. The number of nitrogens with zero attached hydrogens (tertiary/aromatic N) is 2. The monoisotopic (exact) mass is 255 g/mol. The van der Waals surface area contributed by atoms with Crippen molar-refractivity contribution in [3.05, 3.63) is 0 Å². The molecule has 1 N–H and O–H groups in total. The summed E-state index contributed by atoms with van der Waals surface area (Å²) in [7, 11) is 4.49. The largest absolute Gasteiger partial charge is 0.380 e. The number of hydrogen-bond donors (Lipinski definition) is 1. The third-order valence-electron chi connectivity index (χ3n) is 4.39. The summed E-state index contributed by atoms with van der Waals surface area (Å²) in [5.41, 5.74) is 0. The Bertz CT molecular complexity index is 247. The lowest BCUT2D eigenvalue weighted by molar-refractivity contribution is 0.00231. The topological polar surface area (TPSA) is 27.7 Å². The van der Waals surface area contributed by atoms with Gasteiger partial charge < -0.3 is 15.0 Å². The van der Waals surface area contributed by atoms with E-state index < -0.39 is 0 Å². The Morgan fingerprint density at radius 3 is 2.89 bits per heavy atom. The van der Waals surface area contributed by atoms with E-state index in [-0.39, 0.29) is 0 Å². The first-order chi connectivity index (χ1) is 8.70. The lowest BCUT2D eigenvalue weighted by Crippen LogP contribution is -2.55. The van der Waals surface area contributed by atoms with Gasteiger partial charge in [-0.2, -0.15) is 0 Å². The fourth-order valence-corrected chi connectivity index (χ4v) is 3.38. The van der Waals surface area contributed by atoms with Gasteiger partial charge in [0, 0.05) is 31.8 Å². The Morgan fingerprint density at radius 1 is 1.39 bits per heavy atom. The van der Waals surface area contributed by atoms with Crippen LogP contribution < -0.4 is 5.32 Å². The molecule has 0 aromatic heterocycles. The molecule has 18 heavy (non-hydrogen) atoms. The van der Waals surface area contributed by atoms with E-state index >= 15 is 0 Å². The maximum atomic E-state index is 5.67. The molecule has 0 aliphatic carbocycles. The maximum absolute atomic E-state index is 5.67. The van der Waals surface area contributed by atoms with Crippen LogP contribution in [0.2, 0.25) is 0 Å². The molecule has 0 radical (unpaired) electrons. The van der Waals surface area contributed by atoms with Gasteiger partial charge in [-0.1, -0.05) is 6.92 Å². The summed E-state index contributed by atoms with van der Waals surface area (Å²) < 4.78 is 5.67. The van der Waals surface area contributed by atoms with Gasteiger partial charge in [-0.3, -0.25) is 4.90 Å². The van der Waals surface area contributed by atoms with Gasteiger partial charge >= 0.3 is 0 Å². The van der Waals surface area contributed by atoms with Crippen molar-refractivity contribution in [3.8, 4) is 0 Å². The van der Waals surface area contributed by atoms with Crippen LogP contribution in [0, 0.1) is 5.92 Å². The highest BCUT2D eigenvalue weighted by Crippen LogP contribution is 2.19. The molecule has 2 aliphatic heterocycles. The van der Waals surface area contributed by atoms with Gasteiger partial charge in [0.2, 0.25) is 0 Å². The predicted molar refractivity (Wildman–Crippen MR) is 74.9 cm³/mol. The molecule has 2 saturated heterocycles. The van der Waals surface area contributed by atoms with E-state index in [4.69, 9.17) is 4.74 Å². The first-order valence-corrected chi connectivity index (χ1v) is 7.40. The third kappa shape index (κ3) is 3.67. The normalized spacial score (nSPS) is 34.3. The van der Waals surface area contributed by atoms with Crippen molar-refractivity contribution < 1.29 is 4.74 Å². The summed E-state index contributed by atoms with van der Waals surface area (Å²) in [5, 5.41) is 3.62. The Morgan fingerprint density at radius 2 is 2.22 bits per heavy atom.